The smallest absolute Gasteiger partial charge is 0.165 e. The van der Waals surface area contributed by atoms with E-state index in [2.05, 4.69) is 0 Å². The van der Waals surface area contributed by atoms with Crippen molar-refractivity contribution in [2.75, 3.05) is 6.61 Å². The predicted octanol–water partition coefficient (Wildman–Crippen LogP) is 2.84. The highest BCUT2D eigenvalue weighted by Crippen LogP contribution is 2.15. The molecule has 0 amide bonds. The Morgan fingerprint density at radius 2 is 1.88 bits per heavy atom. The first-order chi connectivity index (χ1) is 7.56. The highest BCUT2D eigenvalue weighted by molar-refractivity contribution is 5.85. The third kappa shape index (κ3) is 3.17. The third-order valence-electron chi connectivity index (χ3n) is 2.87. The Balaban J connectivity index is 2.77. The van der Waals surface area contributed by atoms with Crippen LogP contribution >= 0.6 is 0 Å². The van der Waals surface area contributed by atoms with Crippen molar-refractivity contribution in [3.05, 3.63) is 34.9 Å². The van der Waals surface area contributed by atoms with Crippen LogP contribution in [0, 0.1) is 13.8 Å². The molecule has 1 atom stereocenters. The summed E-state index contributed by atoms with van der Waals surface area (Å²) in [6.45, 7) is 8.39. The van der Waals surface area contributed by atoms with E-state index in [1.165, 1.54) is 11.1 Å². The molecule has 0 N–H and O–H groups in total. The lowest BCUT2D eigenvalue weighted by atomic mass is 9.97. The van der Waals surface area contributed by atoms with Gasteiger partial charge in [0.2, 0.25) is 0 Å². The Morgan fingerprint density at radius 3 is 2.38 bits per heavy atom. The van der Waals surface area contributed by atoms with E-state index in [4.69, 9.17) is 4.74 Å². The van der Waals surface area contributed by atoms with Crippen LogP contribution in [0.1, 0.15) is 30.5 Å². The van der Waals surface area contributed by atoms with Crippen LogP contribution in [-0.2, 0) is 16.0 Å². The molecular formula is C14H20O2. The van der Waals surface area contributed by atoms with Gasteiger partial charge in [0.1, 0.15) is 6.10 Å². The van der Waals surface area contributed by atoms with Gasteiger partial charge in [0.15, 0.2) is 5.78 Å². The summed E-state index contributed by atoms with van der Waals surface area (Å²) in [5.41, 5.74) is 3.49. The first-order valence-corrected chi connectivity index (χ1v) is 5.75. The fraction of sp³-hybridized carbons (Fsp3) is 0.500. The van der Waals surface area contributed by atoms with E-state index in [9.17, 15) is 4.79 Å². The lowest BCUT2D eigenvalue weighted by Crippen LogP contribution is -2.23. The summed E-state index contributed by atoms with van der Waals surface area (Å²) in [6.07, 6.45) is 0.170. The van der Waals surface area contributed by atoms with Crippen LogP contribution < -0.4 is 0 Å². The number of hydrogen-bond acceptors (Lipinski definition) is 2. The summed E-state index contributed by atoms with van der Waals surface area (Å²) in [4.78, 5) is 11.9. The van der Waals surface area contributed by atoms with Crippen LogP contribution in [0.25, 0.3) is 0 Å². The molecule has 88 valence electrons. The summed E-state index contributed by atoms with van der Waals surface area (Å²) >= 11 is 0. The molecule has 0 aliphatic carbocycles. The summed E-state index contributed by atoms with van der Waals surface area (Å²) in [7, 11) is 0. The molecule has 1 aromatic rings. The minimum Gasteiger partial charge on any atom is -0.371 e. The Bertz CT molecular complexity index is 349. The summed E-state index contributed by atoms with van der Waals surface area (Å²) in [5.74, 6) is 0.152. The molecule has 0 saturated carbocycles. The second-order valence-corrected chi connectivity index (χ2v) is 4.11. The molecular weight excluding hydrogens is 200 g/mol. The van der Waals surface area contributed by atoms with Crippen LogP contribution in [0.3, 0.4) is 0 Å². The van der Waals surface area contributed by atoms with Gasteiger partial charge in [0.25, 0.3) is 0 Å². The predicted molar refractivity (Wildman–Crippen MR) is 65.7 cm³/mol. The second kappa shape index (κ2) is 5.80. The molecule has 0 aromatic heterocycles. The molecule has 16 heavy (non-hydrogen) atoms. The van der Waals surface area contributed by atoms with Gasteiger partial charge in [-0.15, -0.1) is 0 Å². The van der Waals surface area contributed by atoms with Gasteiger partial charge < -0.3 is 4.74 Å². The number of carbonyl (C=O) groups is 1. The fourth-order valence-corrected chi connectivity index (χ4v) is 1.79. The highest BCUT2D eigenvalue weighted by atomic mass is 16.5. The highest BCUT2D eigenvalue weighted by Gasteiger charge is 2.15. The van der Waals surface area contributed by atoms with Gasteiger partial charge in [-0.2, -0.15) is 0 Å². The van der Waals surface area contributed by atoms with Crippen molar-refractivity contribution in [3.63, 3.8) is 0 Å². The van der Waals surface area contributed by atoms with Crippen molar-refractivity contribution >= 4 is 5.78 Å². The van der Waals surface area contributed by atoms with E-state index in [-0.39, 0.29) is 11.9 Å². The van der Waals surface area contributed by atoms with Gasteiger partial charge in [-0.25, -0.2) is 0 Å². The Hall–Kier alpha value is -1.15. The molecule has 2 heteroatoms. The monoisotopic (exact) mass is 220 g/mol. The van der Waals surface area contributed by atoms with Crippen molar-refractivity contribution in [3.8, 4) is 0 Å². The molecule has 0 aliphatic heterocycles. The topological polar surface area (TPSA) is 26.3 Å². The molecule has 0 aliphatic rings. The van der Waals surface area contributed by atoms with E-state index >= 15 is 0 Å². The second-order valence-electron chi connectivity index (χ2n) is 4.11. The van der Waals surface area contributed by atoms with Crippen molar-refractivity contribution in [2.45, 2.75) is 40.2 Å². The number of ether oxygens (including phenoxy) is 1. The lowest BCUT2D eigenvalue weighted by Gasteiger charge is -2.13. The normalized spacial score (nSPS) is 12.5. The Kier molecular flexibility index (Phi) is 4.69. The number of Topliss-reactive ketones (excluding diaryl/α,β-unsaturated/α-hetero) is 1. The first-order valence-electron chi connectivity index (χ1n) is 5.75. The van der Waals surface area contributed by atoms with Gasteiger partial charge in [-0.05, 0) is 44.4 Å². The first kappa shape index (κ1) is 12.9. The number of benzene rings is 1. The van der Waals surface area contributed by atoms with Crippen LogP contribution in [0.5, 0.6) is 0 Å². The van der Waals surface area contributed by atoms with Gasteiger partial charge in [0, 0.05) is 13.0 Å². The molecule has 1 rings (SSSR count). The van der Waals surface area contributed by atoms with E-state index in [1.807, 2.05) is 45.9 Å². The molecule has 0 fully saturated rings. The van der Waals surface area contributed by atoms with Gasteiger partial charge in [0.05, 0.1) is 0 Å². The zero-order valence-electron chi connectivity index (χ0n) is 10.5. The molecule has 0 saturated heterocycles. The molecule has 0 spiro atoms. The van der Waals surface area contributed by atoms with E-state index in [0.29, 0.717) is 13.0 Å². The van der Waals surface area contributed by atoms with Gasteiger partial charge in [-0.3, -0.25) is 4.79 Å². The maximum Gasteiger partial charge on any atom is 0.165 e. The molecule has 1 unspecified atom stereocenters. The van der Waals surface area contributed by atoms with Crippen LogP contribution in [0.4, 0.5) is 0 Å². The zero-order chi connectivity index (χ0) is 12.1. The largest absolute Gasteiger partial charge is 0.371 e. The SMILES string of the molecule is CCOC(C)C(=O)Cc1c(C)cccc1C. The summed E-state index contributed by atoms with van der Waals surface area (Å²) in [6, 6.07) is 6.10. The van der Waals surface area contributed by atoms with Crippen molar-refractivity contribution < 1.29 is 9.53 Å². The van der Waals surface area contributed by atoms with Crippen LogP contribution in [0.15, 0.2) is 18.2 Å². The maximum atomic E-state index is 11.9. The summed E-state index contributed by atoms with van der Waals surface area (Å²) < 4.78 is 5.31. The van der Waals surface area contributed by atoms with Gasteiger partial charge in [-0.1, -0.05) is 18.2 Å². The van der Waals surface area contributed by atoms with Gasteiger partial charge >= 0.3 is 0 Å². The fourth-order valence-electron chi connectivity index (χ4n) is 1.79. The Morgan fingerprint density at radius 1 is 1.31 bits per heavy atom. The quantitative estimate of drug-likeness (QED) is 0.762. The Labute approximate surface area is 97.6 Å². The standard InChI is InChI=1S/C14H20O2/c1-5-16-12(4)14(15)9-13-10(2)7-6-8-11(13)3/h6-8,12H,5,9H2,1-4H3. The van der Waals surface area contributed by atoms with Crippen LogP contribution in [-0.4, -0.2) is 18.5 Å². The minimum atomic E-state index is -0.302. The molecule has 2 nitrogen and oxygen atoms in total. The number of carbonyl (C=O) groups excluding carboxylic acids is 1. The zero-order valence-corrected chi connectivity index (χ0v) is 10.5. The average molecular weight is 220 g/mol. The third-order valence-corrected chi connectivity index (χ3v) is 2.87. The van der Waals surface area contributed by atoms with E-state index in [0.717, 1.165) is 5.56 Å². The van der Waals surface area contributed by atoms with Crippen molar-refractivity contribution in [2.24, 2.45) is 0 Å². The van der Waals surface area contributed by atoms with Crippen molar-refractivity contribution in [1.29, 1.82) is 0 Å². The summed E-state index contributed by atoms with van der Waals surface area (Å²) in [5, 5.41) is 0. The number of hydrogen-bond donors (Lipinski definition) is 0. The average Bonchev–Trinajstić information content (AvgIpc) is 2.23. The van der Waals surface area contributed by atoms with E-state index in [1.54, 1.807) is 0 Å². The molecule has 1 aromatic carbocycles. The molecule has 0 bridgehead atoms. The number of rotatable bonds is 5. The van der Waals surface area contributed by atoms with E-state index < -0.39 is 0 Å². The van der Waals surface area contributed by atoms with Crippen molar-refractivity contribution in [1.82, 2.24) is 0 Å². The minimum absolute atomic E-state index is 0.152. The van der Waals surface area contributed by atoms with Crippen LogP contribution in [0.2, 0.25) is 0 Å². The molecule has 0 heterocycles. The molecule has 0 radical (unpaired) electrons. The number of aryl methyl sites for hydroxylation is 2. The number of ketones is 1. The maximum absolute atomic E-state index is 11.9. The lowest BCUT2D eigenvalue weighted by molar-refractivity contribution is -0.128.